The highest BCUT2D eigenvalue weighted by Gasteiger charge is 2.40. The minimum atomic E-state index is -1.19. The first-order valence-electron chi connectivity index (χ1n) is 8.35. The third-order valence-electron chi connectivity index (χ3n) is 4.25. The Bertz CT molecular complexity index is 935. The average molecular weight is 365 g/mol. The van der Waals surface area contributed by atoms with Crippen molar-refractivity contribution in [2.75, 3.05) is 12.0 Å². The van der Waals surface area contributed by atoms with Crippen molar-refractivity contribution >= 4 is 35.4 Å². The molecule has 0 spiro atoms. The topological polar surface area (TPSA) is 88.1 Å². The van der Waals surface area contributed by atoms with Gasteiger partial charge in [-0.05, 0) is 49.7 Å². The second-order valence-corrected chi connectivity index (χ2v) is 6.21. The van der Waals surface area contributed by atoms with Gasteiger partial charge in [0.1, 0.15) is 5.75 Å². The van der Waals surface area contributed by atoms with E-state index < -0.39 is 23.8 Å². The van der Waals surface area contributed by atoms with Crippen molar-refractivity contribution in [1.29, 1.82) is 0 Å². The van der Waals surface area contributed by atoms with Gasteiger partial charge in [-0.2, -0.15) is 0 Å². The molecule has 7 heteroatoms. The Morgan fingerprint density at radius 1 is 1.07 bits per heavy atom. The van der Waals surface area contributed by atoms with Crippen molar-refractivity contribution in [3.8, 4) is 5.75 Å². The molecule has 1 atom stereocenters. The van der Waals surface area contributed by atoms with Crippen LogP contribution in [-0.4, -0.2) is 31.2 Å². The molecule has 0 aromatic heterocycles. The normalized spacial score (nSPS) is 17.4. The van der Waals surface area contributed by atoms with Gasteiger partial charge in [0.2, 0.25) is 5.91 Å². The van der Waals surface area contributed by atoms with Gasteiger partial charge in [0.25, 0.3) is 5.91 Å². The van der Waals surface area contributed by atoms with E-state index in [4.69, 9.17) is 4.74 Å². The number of nitrogens with zero attached hydrogens (tertiary/aromatic N) is 2. The fourth-order valence-corrected chi connectivity index (χ4v) is 2.80. The minimum absolute atomic E-state index is 0.343. The van der Waals surface area contributed by atoms with Crippen molar-refractivity contribution < 1.29 is 19.1 Å². The highest BCUT2D eigenvalue weighted by Crippen LogP contribution is 2.24. The molecule has 7 nitrogen and oxygen atoms in total. The molecule has 4 amide bonds. The molecule has 1 aliphatic rings. The zero-order chi connectivity index (χ0) is 19.6. The summed E-state index contributed by atoms with van der Waals surface area (Å²) in [7, 11) is 1.52. The predicted molar refractivity (Wildman–Crippen MR) is 102 cm³/mol. The van der Waals surface area contributed by atoms with Gasteiger partial charge in [0.15, 0.2) is 5.92 Å². The first kappa shape index (κ1) is 18.3. The smallest absolute Gasteiger partial charge is 0.335 e. The van der Waals surface area contributed by atoms with Crippen LogP contribution in [-0.2, 0) is 9.59 Å². The molecule has 2 aromatic rings. The van der Waals surface area contributed by atoms with Gasteiger partial charge >= 0.3 is 6.03 Å². The van der Waals surface area contributed by atoms with Crippen LogP contribution in [0.25, 0.3) is 0 Å². The Morgan fingerprint density at radius 3 is 2.41 bits per heavy atom. The van der Waals surface area contributed by atoms with Crippen LogP contribution in [0, 0.1) is 19.8 Å². The maximum atomic E-state index is 12.8. The highest BCUT2D eigenvalue weighted by molar-refractivity contribution is 6.32. The van der Waals surface area contributed by atoms with E-state index in [9.17, 15) is 14.4 Å². The number of carbonyl (C=O) groups is 3. The van der Waals surface area contributed by atoms with E-state index in [0.29, 0.717) is 17.1 Å². The molecule has 1 heterocycles. The molecule has 1 aliphatic heterocycles. The molecular formula is C20H19N3O4. The van der Waals surface area contributed by atoms with Crippen molar-refractivity contribution in [3.63, 3.8) is 0 Å². The number of rotatable bonds is 4. The van der Waals surface area contributed by atoms with Gasteiger partial charge < -0.3 is 4.74 Å². The summed E-state index contributed by atoms with van der Waals surface area (Å²) in [6, 6.07) is 11.3. The Hall–Kier alpha value is -3.48. The summed E-state index contributed by atoms with van der Waals surface area (Å²) in [5, 5.41) is 2.20. The van der Waals surface area contributed by atoms with E-state index in [-0.39, 0.29) is 0 Å². The number of imide groups is 2. The summed E-state index contributed by atoms with van der Waals surface area (Å²) in [6.45, 7) is 3.87. The number of urea groups is 1. The highest BCUT2D eigenvalue weighted by atomic mass is 16.5. The van der Waals surface area contributed by atoms with Gasteiger partial charge in [0.05, 0.1) is 18.5 Å². The number of carbonyl (C=O) groups excluding carboxylic acids is 3. The standard InChI is InChI=1S/C20H19N3O4/c1-12-4-9-17(13(2)10-12)21-11-16-18(24)22-20(26)23(19(16)25)14-5-7-15(27-3)8-6-14/h4-11,16H,1-3H3,(H,22,24,26)/t16-/m0/s1. The summed E-state index contributed by atoms with van der Waals surface area (Å²) in [5.41, 5.74) is 3.03. The number of nitrogens with one attached hydrogen (secondary N) is 1. The number of aryl methyl sites for hydroxylation is 2. The minimum Gasteiger partial charge on any atom is -0.497 e. The SMILES string of the molecule is COc1ccc(N2C(=O)NC(=O)[C@H](C=Nc3ccc(C)cc3C)C2=O)cc1. The summed E-state index contributed by atoms with van der Waals surface area (Å²) < 4.78 is 5.08. The second kappa shape index (κ2) is 7.41. The molecular weight excluding hydrogens is 346 g/mol. The number of amides is 4. The lowest BCUT2D eigenvalue weighted by molar-refractivity contribution is -0.131. The molecule has 1 saturated heterocycles. The van der Waals surface area contributed by atoms with Gasteiger partial charge in [0, 0.05) is 6.21 Å². The molecule has 3 rings (SSSR count). The molecule has 1 fully saturated rings. The number of methoxy groups -OCH3 is 1. The lowest BCUT2D eigenvalue weighted by Gasteiger charge is -2.28. The Morgan fingerprint density at radius 2 is 1.78 bits per heavy atom. The lowest BCUT2D eigenvalue weighted by Crippen LogP contribution is -2.58. The third-order valence-corrected chi connectivity index (χ3v) is 4.25. The van der Waals surface area contributed by atoms with Gasteiger partial charge in [-0.1, -0.05) is 17.7 Å². The van der Waals surface area contributed by atoms with E-state index in [0.717, 1.165) is 16.0 Å². The summed E-state index contributed by atoms with van der Waals surface area (Å²) in [6.07, 6.45) is 1.28. The zero-order valence-corrected chi connectivity index (χ0v) is 15.2. The summed E-state index contributed by atoms with van der Waals surface area (Å²) in [5.74, 6) is -1.94. The van der Waals surface area contributed by atoms with E-state index in [1.165, 1.54) is 13.3 Å². The zero-order valence-electron chi connectivity index (χ0n) is 15.2. The molecule has 0 bridgehead atoms. The number of aliphatic imine (C=N–C) groups is 1. The van der Waals surface area contributed by atoms with E-state index in [1.54, 1.807) is 24.3 Å². The first-order valence-corrected chi connectivity index (χ1v) is 8.35. The van der Waals surface area contributed by atoms with Crippen LogP contribution < -0.4 is 15.0 Å². The van der Waals surface area contributed by atoms with Crippen LogP contribution >= 0.6 is 0 Å². The van der Waals surface area contributed by atoms with Crippen LogP contribution in [0.4, 0.5) is 16.2 Å². The molecule has 1 N–H and O–H groups in total. The number of barbiturate groups is 1. The number of hydrogen-bond donors (Lipinski definition) is 1. The maximum Gasteiger partial charge on any atom is 0.335 e. The molecule has 0 saturated carbocycles. The van der Waals surface area contributed by atoms with Gasteiger partial charge in [-0.15, -0.1) is 0 Å². The van der Waals surface area contributed by atoms with Crippen molar-refractivity contribution in [3.05, 3.63) is 53.6 Å². The van der Waals surface area contributed by atoms with Crippen LogP contribution in [0.3, 0.4) is 0 Å². The number of benzene rings is 2. The number of anilines is 1. The molecule has 138 valence electrons. The number of ether oxygens (including phenoxy) is 1. The average Bonchev–Trinajstić information content (AvgIpc) is 2.63. The quantitative estimate of drug-likeness (QED) is 0.666. The maximum absolute atomic E-state index is 12.8. The Labute approximate surface area is 156 Å². The molecule has 0 unspecified atom stereocenters. The lowest BCUT2D eigenvalue weighted by atomic mass is 10.1. The van der Waals surface area contributed by atoms with Crippen molar-refractivity contribution in [1.82, 2.24) is 5.32 Å². The summed E-state index contributed by atoms with van der Waals surface area (Å²) in [4.78, 5) is 42.3. The van der Waals surface area contributed by atoms with Crippen LogP contribution in [0.15, 0.2) is 47.5 Å². The van der Waals surface area contributed by atoms with E-state index in [1.807, 2.05) is 32.0 Å². The molecule has 2 aromatic carbocycles. The van der Waals surface area contributed by atoms with Crippen molar-refractivity contribution in [2.24, 2.45) is 10.9 Å². The molecule has 27 heavy (non-hydrogen) atoms. The van der Waals surface area contributed by atoms with Crippen molar-refractivity contribution in [2.45, 2.75) is 13.8 Å². The van der Waals surface area contributed by atoms with Crippen LogP contribution in [0.5, 0.6) is 5.75 Å². The number of hydrogen-bond acceptors (Lipinski definition) is 5. The van der Waals surface area contributed by atoms with E-state index in [2.05, 4.69) is 10.3 Å². The second-order valence-electron chi connectivity index (χ2n) is 6.21. The van der Waals surface area contributed by atoms with Crippen LogP contribution in [0.1, 0.15) is 11.1 Å². The predicted octanol–water partition coefficient (Wildman–Crippen LogP) is 2.91. The monoisotopic (exact) mass is 365 g/mol. The Kier molecular flexibility index (Phi) is 5.03. The van der Waals surface area contributed by atoms with Gasteiger partial charge in [-0.3, -0.25) is 19.9 Å². The largest absolute Gasteiger partial charge is 0.497 e. The summed E-state index contributed by atoms with van der Waals surface area (Å²) >= 11 is 0. The van der Waals surface area contributed by atoms with Crippen LogP contribution in [0.2, 0.25) is 0 Å². The van der Waals surface area contributed by atoms with E-state index >= 15 is 0 Å². The third kappa shape index (κ3) is 3.72. The van der Waals surface area contributed by atoms with Gasteiger partial charge in [-0.25, -0.2) is 9.69 Å². The molecule has 0 aliphatic carbocycles. The fourth-order valence-electron chi connectivity index (χ4n) is 2.80. The fraction of sp³-hybridized carbons (Fsp3) is 0.200. The Balaban J connectivity index is 1.88. The first-order chi connectivity index (χ1) is 12.9. The molecule has 0 radical (unpaired) electrons.